The van der Waals surface area contributed by atoms with Gasteiger partial charge in [-0.2, -0.15) is 4.72 Å². The van der Waals surface area contributed by atoms with Gasteiger partial charge in [0, 0.05) is 7.11 Å². The van der Waals surface area contributed by atoms with Gasteiger partial charge in [-0.3, -0.25) is 0 Å². The molecule has 4 nitrogen and oxygen atoms in total. The van der Waals surface area contributed by atoms with E-state index in [-0.39, 0.29) is 6.73 Å². The second-order valence-electron chi connectivity index (χ2n) is 2.66. The summed E-state index contributed by atoms with van der Waals surface area (Å²) in [4.78, 5) is -0.737. The quantitative estimate of drug-likeness (QED) is 0.790. The van der Waals surface area contributed by atoms with Gasteiger partial charge in [0.2, 0.25) is 10.0 Å². The fraction of sp³-hybridized carbons (Fsp3) is 0.250. The van der Waals surface area contributed by atoms with Crippen molar-refractivity contribution in [3.05, 3.63) is 29.8 Å². The third-order valence-electron chi connectivity index (χ3n) is 1.58. The Hall–Kier alpha value is -1.05. The molecule has 1 aromatic carbocycles. The number of hydrogen-bond acceptors (Lipinski definition) is 3. The standard InChI is InChI=1S/C8H9F2NO3S/c1-14-5-11-15(12,13)8-4-6(9)2-3-7(8)10/h2-4,11H,5H2,1H3. The average molecular weight is 237 g/mol. The molecule has 84 valence electrons. The highest BCUT2D eigenvalue weighted by molar-refractivity contribution is 7.89. The molecule has 0 fully saturated rings. The molecule has 0 radical (unpaired) electrons. The van der Waals surface area contributed by atoms with Gasteiger partial charge in [-0.25, -0.2) is 17.2 Å². The lowest BCUT2D eigenvalue weighted by molar-refractivity contribution is 0.194. The van der Waals surface area contributed by atoms with E-state index in [1.54, 1.807) is 0 Å². The van der Waals surface area contributed by atoms with Gasteiger partial charge in [0.15, 0.2) is 0 Å². The molecule has 1 aromatic rings. The summed E-state index contributed by atoms with van der Waals surface area (Å²) in [7, 11) is -2.80. The van der Waals surface area contributed by atoms with Crippen LogP contribution in [0.5, 0.6) is 0 Å². The van der Waals surface area contributed by atoms with E-state index in [9.17, 15) is 17.2 Å². The monoisotopic (exact) mass is 237 g/mol. The van der Waals surface area contributed by atoms with Crippen molar-refractivity contribution >= 4 is 10.0 Å². The molecule has 0 saturated heterocycles. The van der Waals surface area contributed by atoms with Crippen molar-refractivity contribution in [2.45, 2.75) is 4.90 Å². The van der Waals surface area contributed by atoms with Crippen LogP contribution in [0.4, 0.5) is 8.78 Å². The normalized spacial score (nSPS) is 11.7. The molecule has 0 atom stereocenters. The summed E-state index contributed by atoms with van der Waals surface area (Å²) in [5.41, 5.74) is 0. The molecule has 0 aromatic heterocycles. The number of ether oxygens (including phenoxy) is 1. The largest absolute Gasteiger partial charge is 0.369 e. The topological polar surface area (TPSA) is 55.4 Å². The van der Waals surface area contributed by atoms with Gasteiger partial charge in [-0.1, -0.05) is 0 Å². The molecular formula is C8H9F2NO3S. The first-order valence-electron chi connectivity index (χ1n) is 3.91. The van der Waals surface area contributed by atoms with Crippen molar-refractivity contribution in [2.24, 2.45) is 0 Å². The Balaban J connectivity index is 3.09. The molecule has 0 amide bonds. The third kappa shape index (κ3) is 2.95. The smallest absolute Gasteiger partial charge is 0.245 e. The highest BCUT2D eigenvalue weighted by Crippen LogP contribution is 2.15. The fourth-order valence-corrected chi connectivity index (χ4v) is 1.92. The maximum Gasteiger partial charge on any atom is 0.245 e. The van der Waals surface area contributed by atoms with Gasteiger partial charge >= 0.3 is 0 Å². The van der Waals surface area contributed by atoms with Crippen LogP contribution >= 0.6 is 0 Å². The number of benzene rings is 1. The van der Waals surface area contributed by atoms with E-state index < -0.39 is 26.6 Å². The zero-order valence-corrected chi connectivity index (χ0v) is 8.64. The number of methoxy groups -OCH3 is 1. The van der Waals surface area contributed by atoms with Crippen LogP contribution < -0.4 is 4.72 Å². The highest BCUT2D eigenvalue weighted by atomic mass is 32.2. The van der Waals surface area contributed by atoms with Gasteiger partial charge in [0.1, 0.15) is 23.3 Å². The fourth-order valence-electron chi connectivity index (χ4n) is 0.897. The highest BCUT2D eigenvalue weighted by Gasteiger charge is 2.19. The number of rotatable bonds is 4. The van der Waals surface area contributed by atoms with E-state index >= 15 is 0 Å². The van der Waals surface area contributed by atoms with Crippen LogP contribution in [-0.4, -0.2) is 22.3 Å². The molecule has 0 spiro atoms. The Morgan fingerprint density at radius 2 is 2.07 bits per heavy atom. The first-order valence-corrected chi connectivity index (χ1v) is 5.39. The minimum atomic E-state index is -4.07. The lowest BCUT2D eigenvalue weighted by Gasteiger charge is -2.06. The summed E-state index contributed by atoms with van der Waals surface area (Å²) in [5.74, 6) is -1.84. The lowest BCUT2D eigenvalue weighted by Crippen LogP contribution is -2.26. The van der Waals surface area contributed by atoms with Crippen molar-refractivity contribution in [3.63, 3.8) is 0 Å². The van der Waals surface area contributed by atoms with E-state index in [0.717, 1.165) is 12.1 Å². The Kier molecular flexibility index (Phi) is 3.72. The van der Waals surface area contributed by atoms with Gasteiger partial charge in [-0.15, -0.1) is 0 Å². The van der Waals surface area contributed by atoms with Crippen LogP contribution in [0.1, 0.15) is 0 Å². The van der Waals surface area contributed by atoms with Gasteiger partial charge < -0.3 is 4.74 Å². The molecule has 0 saturated carbocycles. The Morgan fingerprint density at radius 1 is 1.40 bits per heavy atom. The van der Waals surface area contributed by atoms with Gasteiger partial charge in [0.05, 0.1) is 0 Å². The first kappa shape index (κ1) is 12.0. The number of sulfonamides is 1. The summed E-state index contributed by atoms with van der Waals surface area (Å²) >= 11 is 0. The predicted molar refractivity (Wildman–Crippen MR) is 48.6 cm³/mol. The van der Waals surface area contributed by atoms with Crippen LogP contribution in [0.2, 0.25) is 0 Å². The number of nitrogens with one attached hydrogen (secondary N) is 1. The zero-order valence-electron chi connectivity index (χ0n) is 7.83. The Bertz CT molecular complexity index is 447. The van der Waals surface area contributed by atoms with Gasteiger partial charge in [0.25, 0.3) is 0 Å². The second kappa shape index (κ2) is 4.65. The molecule has 0 heterocycles. The predicted octanol–water partition coefficient (Wildman–Crippen LogP) is 0.847. The Morgan fingerprint density at radius 3 is 2.67 bits per heavy atom. The van der Waals surface area contributed by atoms with Crippen LogP contribution in [0.25, 0.3) is 0 Å². The average Bonchev–Trinajstić information content (AvgIpc) is 2.18. The van der Waals surface area contributed by atoms with E-state index in [2.05, 4.69) is 4.74 Å². The van der Waals surface area contributed by atoms with Crippen molar-refractivity contribution in [1.29, 1.82) is 0 Å². The van der Waals surface area contributed by atoms with Crippen molar-refractivity contribution in [2.75, 3.05) is 13.8 Å². The molecule has 1 N–H and O–H groups in total. The van der Waals surface area contributed by atoms with Crippen LogP contribution in [0, 0.1) is 11.6 Å². The molecule has 0 aliphatic rings. The summed E-state index contributed by atoms with van der Waals surface area (Å²) in [6.45, 7) is -0.307. The van der Waals surface area contributed by atoms with E-state index in [4.69, 9.17) is 0 Å². The second-order valence-corrected chi connectivity index (χ2v) is 4.39. The van der Waals surface area contributed by atoms with Crippen LogP contribution in [-0.2, 0) is 14.8 Å². The Labute approximate surface area is 85.9 Å². The SMILES string of the molecule is COCNS(=O)(=O)c1cc(F)ccc1F. The van der Waals surface area contributed by atoms with Crippen LogP contribution in [0.15, 0.2) is 23.1 Å². The molecule has 0 bridgehead atoms. The number of halogens is 2. The molecule has 0 unspecified atom stereocenters. The van der Waals surface area contributed by atoms with Crippen molar-refractivity contribution < 1.29 is 21.9 Å². The summed E-state index contributed by atoms with van der Waals surface area (Å²) < 4.78 is 54.9. The minimum absolute atomic E-state index is 0.307. The van der Waals surface area contributed by atoms with Crippen molar-refractivity contribution in [1.82, 2.24) is 4.72 Å². The summed E-state index contributed by atoms with van der Waals surface area (Å²) in [6, 6.07) is 2.19. The third-order valence-corrected chi connectivity index (χ3v) is 2.97. The molecular weight excluding hydrogens is 228 g/mol. The lowest BCUT2D eigenvalue weighted by atomic mass is 10.3. The first-order chi connectivity index (χ1) is 6.97. The molecule has 0 aliphatic carbocycles. The van der Waals surface area contributed by atoms with Gasteiger partial charge in [-0.05, 0) is 18.2 Å². The maximum atomic E-state index is 13.1. The zero-order chi connectivity index (χ0) is 11.5. The minimum Gasteiger partial charge on any atom is -0.369 e. The molecule has 7 heteroatoms. The molecule has 0 aliphatic heterocycles. The number of hydrogen-bond donors (Lipinski definition) is 1. The van der Waals surface area contributed by atoms with E-state index in [0.29, 0.717) is 6.07 Å². The van der Waals surface area contributed by atoms with Crippen LogP contribution in [0.3, 0.4) is 0 Å². The van der Waals surface area contributed by atoms with E-state index in [1.165, 1.54) is 7.11 Å². The van der Waals surface area contributed by atoms with Crippen molar-refractivity contribution in [3.8, 4) is 0 Å². The molecule has 1 rings (SSSR count). The van der Waals surface area contributed by atoms with E-state index in [1.807, 2.05) is 4.72 Å². The summed E-state index contributed by atoms with van der Waals surface area (Å²) in [6.07, 6.45) is 0. The molecule has 15 heavy (non-hydrogen) atoms. The summed E-state index contributed by atoms with van der Waals surface area (Å²) in [5, 5.41) is 0. The maximum absolute atomic E-state index is 13.1.